The highest BCUT2D eigenvalue weighted by molar-refractivity contribution is 5.82. The van der Waals surface area contributed by atoms with E-state index in [-0.39, 0.29) is 17.2 Å². The number of carbonyl (C=O) groups excluding carboxylic acids is 2. The Balaban J connectivity index is 1.79. The maximum absolute atomic E-state index is 12.4. The zero-order chi connectivity index (χ0) is 14.8. The van der Waals surface area contributed by atoms with E-state index in [1.807, 2.05) is 20.8 Å². The van der Waals surface area contributed by atoms with E-state index in [1.165, 1.54) is 12.8 Å². The summed E-state index contributed by atoms with van der Waals surface area (Å²) < 4.78 is 0. The number of hydrogen-bond donors (Lipinski definition) is 1. The Morgan fingerprint density at radius 2 is 1.60 bits per heavy atom. The van der Waals surface area contributed by atoms with E-state index in [4.69, 9.17) is 0 Å². The van der Waals surface area contributed by atoms with E-state index < -0.39 is 0 Å². The first kappa shape index (κ1) is 15.3. The number of hydrogen-bond acceptors (Lipinski definition) is 2. The monoisotopic (exact) mass is 280 g/mol. The second-order valence-electron chi connectivity index (χ2n) is 7.23. The van der Waals surface area contributed by atoms with Crippen LogP contribution in [0.25, 0.3) is 0 Å². The average molecular weight is 280 g/mol. The highest BCUT2D eigenvalue weighted by Gasteiger charge is 2.37. The minimum absolute atomic E-state index is 0.0177. The molecule has 0 aromatic rings. The largest absolute Gasteiger partial charge is 0.355 e. The van der Waals surface area contributed by atoms with Crippen molar-refractivity contribution in [1.82, 2.24) is 10.2 Å². The first-order chi connectivity index (χ1) is 9.39. The molecule has 0 spiro atoms. The molecule has 0 bridgehead atoms. The Morgan fingerprint density at radius 3 is 2.10 bits per heavy atom. The maximum Gasteiger partial charge on any atom is 0.225 e. The highest BCUT2D eigenvalue weighted by atomic mass is 16.2. The lowest BCUT2D eigenvalue weighted by Crippen LogP contribution is -2.43. The van der Waals surface area contributed by atoms with Gasteiger partial charge in [-0.3, -0.25) is 9.59 Å². The minimum Gasteiger partial charge on any atom is -0.355 e. The van der Waals surface area contributed by atoms with Crippen LogP contribution in [0.2, 0.25) is 0 Å². The molecule has 0 aromatic heterocycles. The van der Waals surface area contributed by atoms with Crippen molar-refractivity contribution in [3.8, 4) is 0 Å². The highest BCUT2D eigenvalue weighted by Crippen LogP contribution is 2.34. The lowest BCUT2D eigenvalue weighted by molar-refractivity contribution is -0.134. The molecule has 0 atom stereocenters. The van der Waals surface area contributed by atoms with Crippen molar-refractivity contribution in [1.29, 1.82) is 0 Å². The van der Waals surface area contributed by atoms with Crippen molar-refractivity contribution in [3.63, 3.8) is 0 Å². The third-order valence-electron chi connectivity index (χ3n) is 4.25. The summed E-state index contributed by atoms with van der Waals surface area (Å²) >= 11 is 0. The Kier molecular flexibility index (Phi) is 4.71. The van der Waals surface area contributed by atoms with Gasteiger partial charge < -0.3 is 10.2 Å². The van der Waals surface area contributed by atoms with Gasteiger partial charge >= 0.3 is 0 Å². The van der Waals surface area contributed by atoms with E-state index in [9.17, 15) is 9.59 Å². The van der Waals surface area contributed by atoms with Crippen LogP contribution in [0.3, 0.4) is 0 Å². The fourth-order valence-electron chi connectivity index (χ4n) is 2.92. The SMILES string of the molecule is CC(C)(C)C(=O)NCCC(=O)N(C1CCCC1)C1CC1. The van der Waals surface area contributed by atoms with E-state index in [0.29, 0.717) is 25.0 Å². The molecule has 2 aliphatic rings. The third kappa shape index (κ3) is 3.97. The Bertz CT molecular complexity index is 363. The average Bonchev–Trinajstić information content (AvgIpc) is 3.03. The molecule has 2 saturated carbocycles. The van der Waals surface area contributed by atoms with Crippen LogP contribution in [-0.2, 0) is 9.59 Å². The van der Waals surface area contributed by atoms with Gasteiger partial charge in [-0.25, -0.2) is 0 Å². The fourth-order valence-corrected chi connectivity index (χ4v) is 2.92. The van der Waals surface area contributed by atoms with Gasteiger partial charge in [-0.05, 0) is 25.7 Å². The van der Waals surface area contributed by atoms with Gasteiger partial charge in [-0.1, -0.05) is 33.6 Å². The van der Waals surface area contributed by atoms with Crippen LogP contribution in [-0.4, -0.2) is 35.3 Å². The minimum atomic E-state index is -0.384. The van der Waals surface area contributed by atoms with Crippen LogP contribution >= 0.6 is 0 Å². The van der Waals surface area contributed by atoms with Crippen LogP contribution in [0.15, 0.2) is 0 Å². The number of amides is 2. The summed E-state index contributed by atoms with van der Waals surface area (Å²) in [6.07, 6.45) is 7.60. The third-order valence-corrected chi connectivity index (χ3v) is 4.25. The van der Waals surface area contributed by atoms with Gasteiger partial charge in [-0.2, -0.15) is 0 Å². The molecule has 114 valence electrons. The molecule has 4 heteroatoms. The van der Waals surface area contributed by atoms with Crippen LogP contribution in [0.5, 0.6) is 0 Å². The van der Waals surface area contributed by atoms with Crippen LogP contribution in [0, 0.1) is 5.41 Å². The van der Waals surface area contributed by atoms with E-state index in [1.54, 1.807) is 0 Å². The second kappa shape index (κ2) is 6.15. The topological polar surface area (TPSA) is 49.4 Å². The molecule has 2 amide bonds. The van der Waals surface area contributed by atoms with Gasteiger partial charge in [-0.15, -0.1) is 0 Å². The van der Waals surface area contributed by atoms with Crippen molar-refractivity contribution < 1.29 is 9.59 Å². The van der Waals surface area contributed by atoms with Crippen molar-refractivity contribution in [2.24, 2.45) is 5.41 Å². The van der Waals surface area contributed by atoms with Gasteiger partial charge in [0.25, 0.3) is 0 Å². The van der Waals surface area contributed by atoms with Crippen LogP contribution < -0.4 is 5.32 Å². The Morgan fingerprint density at radius 1 is 1.05 bits per heavy atom. The molecule has 20 heavy (non-hydrogen) atoms. The summed E-state index contributed by atoms with van der Waals surface area (Å²) in [6, 6.07) is 0.956. The normalized spacial score (nSPS) is 19.9. The molecule has 4 nitrogen and oxygen atoms in total. The maximum atomic E-state index is 12.4. The molecular formula is C16H28N2O2. The van der Waals surface area contributed by atoms with E-state index in [0.717, 1.165) is 25.7 Å². The molecular weight excluding hydrogens is 252 g/mol. The van der Waals surface area contributed by atoms with Crippen LogP contribution in [0.1, 0.15) is 65.7 Å². The lowest BCUT2D eigenvalue weighted by atomic mass is 9.96. The van der Waals surface area contributed by atoms with Crippen molar-refractivity contribution >= 4 is 11.8 Å². The predicted octanol–water partition coefficient (Wildman–Crippen LogP) is 2.47. The number of nitrogens with zero attached hydrogens (tertiary/aromatic N) is 1. The number of carbonyl (C=O) groups is 2. The lowest BCUT2D eigenvalue weighted by Gasteiger charge is -2.29. The van der Waals surface area contributed by atoms with Gasteiger partial charge in [0.1, 0.15) is 0 Å². The standard InChI is InChI=1S/C16H28N2O2/c1-16(2,3)15(20)17-11-10-14(19)18(13-8-9-13)12-6-4-5-7-12/h12-13H,4-11H2,1-3H3,(H,17,20). The van der Waals surface area contributed by atoms with Crippen LogP contribution in [0.4, 0.5) is 0 Å². The summed E-state index contributed by atoms with van der Waals surface area (Å²) in [6.45, 7) is 6.13. The van der Waals surface area contributed by atoms with Gasteiger partial charge in [0, 0.05) is 30.5 Å². The smallest absolute Gasteiger partial charge is 0.225 e. The molecule has 1 N–H and O–H groups in total. The summed E-state index contributed by atoms with van der Waals surface area (Å²) in [5, 5.41) is 2.87. The van der Waals surface area contributed by atoms with E-state index in [2.05, 4.69) is 10.2 Å². The molecule has 0 heterocycles. The fraction of sp³-hybridized carbons (Fsp3) is 0.875. The summed E-state index contributed by atoms with van der Waals surface area (Å²) in [4.78, 5) is 26.3. The van der Waals surface area contributed by atoms with Gasteiger partial charge in [0.15, 0.2) is 0 Å². The van der Waals surface area contributed by atoms with Crippen molar-refractivity contribution in [2.45, 2.75) is 77.8 Å². The Labute approximate surface area is 122 Å². The molecule has 2 rings (SSSR count). The van der Waals surface area contributed by atoms with Crippen molar-refractivity contribution in [3.05, 3.63) is 0 Å². The molecule has 0 unspecified atom stereocenters. The molecule has 0 radical (unpaired) electrons. The number of rotatable bonds is 5. The van der Waals surface area contributed by atoms with E-state index >= 15 is 0 Å². The van der Waals surface area contributed by atoms with Crippen molar-refractivity contribution in [2.75, 3.05) is 6.54 Å². The zero-order valence-electron chi connectivity index (χ0n) is 13.1. The zero-order valence-corrected chi connectivity index (χ0v) is 13.1. The second-order valence-corrected chi connectivity index (χ2v) is 7.23. The summed E-state index contributed by atoms with van der Waals surface area (Å²) in [5.74, 6) is 0.248. The van der Waals surface area contributed by atoms with Gasteiger partial charge in [0.05, 0.1) is 0 Å². The first-order valence-corrected chi connectivity index (χ1v) is 7.99. The molecule has 0 aromatic carbocycles. The number of nitrogens with one attached hydrogen (secondary N) is 1. The summed E-state index contributed by atoms with van der Waals surface area (Å²) in [5.41, 5.74) is -0.384. The Hall–Kier alpha value is -1.06. The molecule has 0 saturated heterocycles. The summed E-state index contributed by atoms with van der Waals surface area (Å²) in [7, 11) is 0. The van der Waals surface area contributed by atoms with Gasteiger partial charge in [0.2, 0.25) is 11.8 Å². The quantitative estimate of drug-likeness (QED) is 0.841. The predicted molar refractivity (Wildman–Crippen MR) is 79.2 cm³/mol. The first-order valence-electron chi connectivity index (χ1n) is 7.99. The molecule has 2 aliphatic carbocycles. The molecule has 2 fully saturated rings. The molecule has 0 aliphatic heterocycles.